The van der Waals surface area contributed by atoms with Crippen molar-refractivity contribution >= 4 is 5.96 Å². The molecule has 1 aromatic heterocycles. The molecule has 6 heteroatoms. The molecule has 1 aromatic carbocycles. The number of guanidine groups is 1. The van der Waals surface area contributed by atoms with E-state index in [1.165, 1.54) is 12.1 Å². The second kappa shape index (κ2) is 8.92. The fourth-order valence-corrected chi connectivity index (χ4v) is 2.22. The van der Waals surface area contributed by atoms with Gasteiger partial charge in [-0.1, -0.05) is 0 Å². The average Bonchev–Trinajstić information content (AvgIpc) is 2.99. The van der Waals surface area contributed by atoms with Gasteiger partial charge >= 0.3 is 0 Å². The Morgan fingerprint density at radius 1 is 1.09 bits per heavy atom. The van der Waals surface area contributed by atoms with E-state index in [2.05, 4.69) is 20.2 Å². The van der Waals surface area contributed by atoms with E-state index in [0.29, 0.717) is 24.5 Å². The Kier molecular flexibility index (Phi) is 6.59. The second-order valence-corrected chi connectivity index (χ2v) is 5.14. The van der Waals surface area contributed by atoms with E-state index in [4.69, 9.17) is 0 Å². The maximum Gasteiger partial charge on any atom is 0.191 e. The first kappa shape index (κ1) is 17.0. The molecule has 0 radical (unpaired) electrons. The number of aromatic nitrogens is 1. The Labute approximate surface area is 135 Å². The number of nitrogens with one attached hydrogen (secondary N) is 2. The van der Waals surface area contributed by atoms with E-state index in [1.54, 1.807) is 0 Å². The molecule has 2 rings (SSSR count). The summed E-state index contributed by atoms with van der Waals surface area (Å²) in [4.78, 5) is 4.43. The van der Waals surface area contributed by atoms with E-state index >= 15 is 0 Å². The van der Waals surface area contributed by atoms with E-state index in [-0.39, 0.29) is 0 Å². The van der Waals surface area contributed by atoms with Crippen molar-refractivity contribution in [3.63, 3.8) is 0 Å². The van der Waals surface area contributed by atoms with Crippen LogP contribution in [-0.2, 0) is 13.0 Å². The van der Waals surface area contributed by atoms with Crippen LogP contribution in [0.4, 0.5) is 8.78 Å². The molecule has 0 spiro atoms. The van der Waals surface area contributed by atoms with Crippen LogP contribution in [-0.4, -0.2) is 30.2 Å². The van der Waals surface area contributed by atoms with Crippen LogP contribution in [0.25, 0.3) is 0 Å². The first-order chi connectivity index (χ1) is 11.2. The molecule has 0 aliphatic rings. The first-order valence-electron chi connectivity index (χ1n) is 7.75. The lowest BCUT2D eigenvalue weighted by molar-refractivity contribution is 0.579. The van der Waals surface area contributed by atoms with Crippen LogP contribution < -0.4 is 10.6 Å². The molecule has 0 atom stereocenters. The van der Waals surface area contributed by atoms with Crippen molar-refractivity contribution < 1.29 is 8.78 Å². The molecule has 2 aromatic rings. The Morgan fingerprint density at radius 2 is 1.78 bits per heavy atom. The number of rotatable bonds is 7. The summed E-state index contributed by atoms with van der Waals surface area (Å²) in [5, 5.41) is 6.39. The molecule has 0 amide bonds. The quantitative estimate of drug-likeness (QED) is 0.608. The molecular formula is C17H22F2N4. The molecule has 0 saturated heterocycles. The number of aliphatic imine (C=N–C) groups is 1. The van der Waals surface area contributed by atoms with Crippen molar-refractivity contribution in [2.45, 2.75) is 19.9 Å². The highest BCUT2D eigenvalue weighted by Gasteiger charge is 2.01. The number of nitrogens with zero attached hydrogens (tertiary/aromatic N) is 2. The summed E-state index contributed by atoms with van der Waals surface area (Å²) >= 11 is 0. The van der Waals surface area contributed by atoms with Crippen LogP contribution in [0, 0.1) is 11.6 Å². The van der Waals surface area contributed by atoms with Gasteiger partial charge in [-0.2, -0.15) is 0 Å². The summed E-state index contributed by atoms with van der Waals surface area (Å²) in [6, 6.07) is 7.52. The molecule has 0 saturated carbocycles. The van der Waals surface area contributed by atoms with Gasteiger partial charge < -0.3 is 15.2 Å². The Bertz CT molecular complexity index is 603. The minimum absolute atomic E-state index is 0.460. The standard InChI is InChI=1S/C17H22F2N4/c1-2-20-17(22-7-10-23-8-3-4-9-23)21-6-5-14-11-15(18)13-16(19)12-14/h3-4,8-9,11-13H,2,5-7,10H2,1H3,(H2,20,21,22). The summed E-state index contributed by atoms with van der Waals surface area (Å²) in [5.74, 6) is -0.405. The highest BCUT2D eigenvalue weighted by Crippen LogP contribution is 2.08. The minimum Gasteiger partial charge on any atom is -0.357 e. The van der Waals surface area contributed by atoms with Gasteiger partial charge in [0.25, 0.3) is 0 Å². The van der Waals surface area contributed by atoms with E-state index in [9.17, 15) is 8.78 Å². The molecule has 0 aliphatic carbocycles. The number of halogens is 2. The Morgan fingerprint density at radius 3 is 2.43 bits per heavy atom. The van der Waals surface area contributed by atoms with Crippen LogP contribution in [0.2, 0.25) is 0 Å². The van der Waals surface area contributed by atoms with Gasteiger partial charge in [-0.15, -0.1) is 0 Å². The summed E-state index contributed by atoms with van der Waals surface area (Å²) in [7, 11) is 0. The fraction of sp³-hybridized carbons (Fsp3) is 0.353. The zero-order chi connectivity index (χ0) is 16.5. The molecule has 1 heterocycles. The Hall–Kier alpha value is -2.37. The van der Waals surface area contributed by atoms with Gasteiger partial charge in [0, 0.05) is 44.6 Å². The SMILES string of the molecule is CCNC(=NCCc1cc(F)cc(F)c1)NCCn1cccc1. The fourth-order valence-electron chi connectivity index (χ4n) is 2.22. The van der Waals surface area contributed by atoms with Gasteiger partial charge in [-0.05, 0) is 43.2 Å². The lowest BCUT2D eigenvalue weighted by Gasteiger charge is -2.11. The molecular weight excluding hydrogens is 298 g/mol. The lowest BCUT2D eigenvalue weighted by atomic mass is 10.1. The molecule has 23 heavy (non-hydrogen) atoms. The maximum atomic E-state index is 13.1. The van der Waals surface area contributed by atoms with Crippen LogP contribution in [0.3, 0.4) is 0 Å². The van der Waals surface area contributed by atoms with Crippen molar-refractivity contribution in [1.82, 2.24) is 15.2 Å². The van der Waals surface area contributed by atoms with Crippen molar-refractivity contribution in [2.75, 3.05) is 19.6 Å². The molecule has 124 valence electrons. The van der Waals surface area contributed by atoms with Gasteiger partial charge in [-0.3, -0.25) is 4.99 Å². The van der Waals surface area contributed by atoms with Crippen LogP contribution in [0.5, 0.6) is 0 Å². The second-order valence-electron chi connectivity index (χ2n) is 5.14. The van der Waals surface area contributed by atoms with E-state index in [1.807, 2.05) is 31.5 Å². The highest BCUT2D eigenvalue weighted by atomic mass is 19.1. The smallest absolute Gasteiger partial charge is 0.191 e. The molecule has 0 unspecified atom stereocenters. The van der Waals surface area contributed by atoms with Crippen molar-refractivity contribution in [2.24, 2.45) is 4.99 Å². The third-order valence-electron chi connectivity index (χ3n) is 3.27. The summed E-state index contributed by atoms with van der Waals surface area (Å²) in [5.41, 5.74) is 0.606. The van der Waals surface area contributed by atoms with Gasteiger partial charge in [0.2, 0.25) is 0 Å². The third-order valence-corrected chi connectivity index (χ3v) is 3.27. The topological polar surface area (TPSA) is 41.4 Å². The number of hydrogen-bond donors (Lipinski definition) is 2. The molecule has 0 aliphatic heterocycles. The predicted molar refractivity (Wildman–Crippen MR) is 88.5 cm³/mol. The normalized spacial score (nSPS) is 11.5. The van der Waals surface area contributed by atoms with Crippen molar-refractivity contribution in [3.05, 3.63) is 59.9 Å². The minimum atomic E-state index is -0.555. The lowest BCUT2D eigenvalue weighted by Crippen LogP contribution is -2.39. The van der Waals surface area contributed by atoms with Gasteiger partial charge in [0.15, 0.2) is 5.96 Å². The molecule has 4 nitrogen and oxygen atoms in total. The zero-order valence-corrected chi connectivity index (χ0v) is 13.2. The summed E-state index contributed by atoms with van der Waals surface area (Å²) in [6.07, 6.45) is 4.50. The monoisotopic (exact) mass is 320 g/mol. The largest absolute Gasteiger partial charge is 0.357 e. The Balaban J connectivity index is 1.82. The van der Waals surface area contributed by atoms with E-state index < -0.39 is 11.6 Å². The first-order valence-corrected chi connectivity index (χ1v) is 7.75. The third kappa shape index (κ3) is 6.10. The van der Waals surface area contributed by atoms with Crippen LogP contribution in [0.15, 0.2) is 47.7 Å². The molecule has 2 N–H and O–H groups in total. The van der Waals surface area contributed by atoms with E-state index in [0.717, 1.165) is 25.7 Å². The zero-order valence-electron chi connectivity index (χ0n) is 13.2. The van der Waals surface area contributed by atoms with Gasteiger partial charge in [-0.25, -0.2) is 8.78 Å². The average molecular weight is 320 g/mol. The van der Waals surface area contributed by atoms with Crippen LogP contribution in [0.1, 0.15) is 12.5 Å². The van der Waals surface area contributed by atoms with Crippen LogP contribution >= 0.6 is 0 Å². The van der Waals surface area contributed by atoms with Gasteiger partial charge in [0.05, 0.1) is 0 Å². The molecule has 0 bridgehead atoms. The molecule has 0 fully saturated rings. The number of benzene rings is 1. The number of hydrogen-bond acceptors (Lipinski definition) is 1. The summed E-state index contributed by atoms with van der Waals surface area (Å²) in [6.45, 7) is 4.79. The maximum absolute atomic E-state index is 13.1. The highest BCUT2D eigenvalue weighted by molar-refractivity contribution is 5.79. The van der Waals surface area contributed by atoms with Crippen molar-refractivity contribution in [1.29, 1.82) is 0 Å². The summed E-state index contributed by atoms with van der Waals surface area (Å²) < 4.78 is 28.3. The van der Waals surface area contributed by atoms with Gasteiger partial charge in [0.1, 0.15) is 11.6 Å². The predicted octanol–water partition coefficient (Wildman–Crippen LogP) is 2.56. The van der Waals surface area contributed by atoms with Crippen molar-refractivity contribution in [3.8, 4) is 0 Å².